The van der Waals surface area contributed by atoms with Crippen LogP contribution in [0.4, 0.5) is 0 Å². The molecule has 4 rings (SSSR count). The second kappa shape index (κ2) is 6.24. The van der Waals surface area contributed by atoms with Gasteiger partial charge in [0.1, 0.15) is 0 Å². The zero-order chi connectivity index (χ0) is 17.4. The van der Waals surface area contributed by atoms with E-state index in [9.17, 15) is 4.79 Å². The number of aromatic nitrogens is 1. The molecule has 0 unspecified atom stereocenters. The molecule has 0 saturated heterocycles. The molecule has 0 saturated carbocycles. The average molecular weight is 336 g/mol. The maximum atomic E-state index is 12.8. The third-order valence-electron chi connectivity index (χ3n) is 4.69. The van der Waals surface area contributed by atoms with Crippen molar-refractivity contribution in [2.75, 3.05) is 6.54 Å². The van der Waals surface area contributed by atoms with Crippen molar-refractivity contribution >= 4 is 5.91 Å². The van der Waals surface area contributed by atoms with Gasteiger partial charge >= 0.3 is 0 Å². The molecule has 1 aromatic carbocycles. The predicted octanol–water partition coefficient (Wildman–Crippen LogP) is 4.26. The normalized spacial score (nSPS) is 14.0. The van der Waals surface area contributed by atoms with Crippen LogP contribution in [-0.4, -0.2) is 22.5 Å². The molecule has 3 heterocycles. The highest BCUT2D eigenvalue weighted by molar-refractivity contribution is 5.93. The first-order valence-corrected chi connectivity index (χ1v) is 8.53. The molecule has 128 valence electrons. The van der Waals surface area contributed by atoms with Gasteiger partial charge in [0.2, 0.25) is 5.76 Å². The zero-order valence-electron chi connectivity index (χ0n) is 14.4. The molecule has 0 radical (unpaired) electrons. The van der Waals surface area contributed by atoms with Crippen molar-refractivity contribution in [1.82, 2.24) is 10.1 Å². The van der Waals surface area contributed by atoms with Gasteiger partial charge in [-0.25, -0.2) is 0 Å². The average Bonchev–Trinajstić information content (AvgIpc) is 3.31. The quantitative estimate of drug-likeness (QED) is 0.717. The number of amides is 1. The Hall–Kier alpha value is -2.82. The maximum Gasteiger partial charge on any atom is 0.276 e. The highest BCUT2D eigenvalue weighted by atomic mass is 16.5. The fourth-order valence-electron chi connectivity index (χ4n) is 3.18. The van der Waals surface area contributed by atoms with Crippen molar-refractivity contribution < 1.29 is 13.7 Å². The number of nitrogens with zero attached hydrogens (tertiary/aromatic N) is 2. The van der Waals surface area contributed by atoms with Crippen molar-refractivity contribution in [2.45, 2.75) is 32.7 Å². The van der Waals surface area contributed by atoms with Crippen LogP contribution in [0.2, 0.25) is 0 Å². The molecule has 1 amide bonds. The first kappa shape index (κ1) is 15.7. The van der Waals surface area contributed by atoms with E-state index in [1.54, 1.807) is 24.5 Å². The zero-order valence-corrected chi connectivity index (χ0v) is 14.4. The number of fused-ring (bicyclic) bond motifs is 1. The molecule has 0 bridgehead atoms. The minimum absolute atomic E-state index is 0.109. The Morgan fingerprint density at radius 3 is 2.80 bits per heavy atom. The highest BCUT2D eigenvalue weighted by Gasteiger charge is 2.25. The van der Waals surface area contributed by atoms with Crippen molar-refractivity contribution in [3.63, 3.8) is 0 Å². The van der Waals surface area contributed by atoms with Gasteiger partial charge in [0.15, 0.2) is 11.5 Å². The molecule has 0 atom stereocenters. The molecule has 2 aromatic heterocycles. The smallest absolute Gasteiger partial charge is 0.276 e. The summed E-state index contributed by atoms with van der Waals surface area (Å²) in [6.45, 7) is 5.66. The van der Waals surface area contributed by atoms with Crippen LogP contribution in [0.5, 0.6) is 0 Å². The molecular weight excluding hydrogens is 316 g/mol. The third kappa shape index (κ3) is 2.97. The molecular formula is C20H20N2O3. The van der Waals surface area contributed by atoms with E-state index in [1.807, 2.05) is 4.90 Å². The molecule has 0 aliphatic carbocycles. The molecule has 5 heteroatoms. The van der Waals surface area contributed by atoms with Crippen molar-refractivity contribution in [3.8, 4) is 11.5 Å². The van der Waals surface area contributed by atoms with Crippen LogP contribution in [0.25, 0.3) is 11.5 Å². The lowest BCUT2D eigenvalue weighted by atomic mass is 9.93. The van der Waals surface area contributed by atoms with Gasteiger partial charge in [-0.2, -0.15) is 0 Å². The van der Waals surface area contributed by atoms with Gasteiger partial charge in [-0.05, 0) is 41.2 Å². The van der Waals surface area contributed by atoms with Crippen LogP contribution >= 0.6 is 0 Å². The number of carbonyl (C=O) groups excluding carboxylic acids is 1. The number of furan rings is 1. The summed E-state index contributed by atoms with van der Waals surface area (Å²) in [5.74, 6) is 1.40. The van der Waals surface area contributed by atoms with Gasteiger partial charge in [0.05, 0.1) is 6.26 Å². The first-order valence-electron chi connectivity index (χ1n) is 8.53. The molecule has 1 aliphatic rings. The fraction of sp³-hybridized carbons (Fsp3) is 0.300. The standard InChI is InChI=1S/C20H20N2O3/c1-13(2)15-6-5-14-7-8-22(12-16(14)10-15)20(23)17-11-19(25-21-17)18-4-3-9-24-18/h3-6,9-11,13H,7-8,12H2,1-2H3. The summed E-state index contributed by atoms with van der Waals surface area (Å²) in [4.78, 5) is 14.6. The van der Waals surface area contributed by atoms with Crippen LogP contribution in [0.3, 0.4) is 0 Å². The van der Waals surface area contributed by atoms with E-state index in [-0.39, 0.29) is 5.91 Å². The Labute approximate surface area is 146 Å². The Bertz CT molecular complexity index is 894. The van der Waals surface area contributed by atoms with E-state index >= 15 is 0 Å². The molecule has 1 aliphatic heterocycles. The first-order chi connectivity index (χ1) is 12.1. The van der Waals surface area contributed by atoms with E-state index < -0.39 is 0 Å². The summed E-state index contributed by atoms with van der Waals surface area (Å²) in [6.07, 6.45) is 2.43. The van der Waals surface area contributed by atoms with E-state index in [0.29, 0.717) is 36.2 Å². The Morgan fingerprint density at radius 2 is 2.04 bits per heavy atom. The van der Waals surface area contributed by atoms with Crippen molar-refractivity contribution in [1.29, 1.82) is 0 Å². The largest absolute Gasteiger partial charge is 0.461 e. The van der Waals surface area contributed by atoms with E-state index in [0.717, 1.165) is 6.42 Å². The number of hydrogen-bond acceptors (Lipinski definition) is 4. The lowest BCUT2D eigenvalue weighted by Gasteiger charge is -2.29. The summed E-state index contributed by atoms with van der Waals surface area (Å²) in [5, 5.41) is 3.92. The lowest BCUT2D eigenvalue weighted by Crippen LogP contribution is -2.36. The Balaban J connectivity index is 1.55. The Kier molecular flexibility index (Phi) is 3.92. The van der Waals surface area contributed by atoms with Crippen LogP contribution in [0, 0.1) is 0 Å². The van der Waals surface area contributed by atoms with Crippen LogP contribution in [-0.2, 0) is 13.0 Å². The number of benzene rings is 1. The summed E-state index contributed by atoms with van der Waals surface area (Å²) in [7, 11) is 0. The number of rotatable bonds is 3. The van der Waals surface area contributed by atoms with Gasteiger partial charge in [0, 0.05) is 19.2 Å². The van der Waals surface area contributed by atoms with Crippen molar-refractivity contribution in [2.24, 2.45) is 0 Å². The topological polar surface area (TPSA) is 59.5 Å². The van der Waals surface area contributed by atoms with E-state index in [4.69, 9.17) is 8.94 Å². The van der Waals surface area contributed by atoms with Gasteiger partial charge in [-0.3, -0.25) is 4.79 Å². The fourth-order valence-corrected chi connectivity index (χ4v) is 3.18. The van der Waals surface area contributed by atoms with Gasteiger partial charge < -0.3 is 13.8 Å². The Morgan fingerprint density at radius 1 is 1.16 bits per heavy atom. The number of hydrogen-bond donors (Lipinski definition) is 0. The minimum Gasteiger partial charge on any atom is -0.461 e. The summed E-state index contributed by atoms with van der Waals surface area (Å²) >= 11 is 0. The van der Waals surface area contributed by atoms with Crippen LogP contribution in [0.1, 0.15) is 46.9 Å². The third-order valence-corrected chi connectivity index (χ3v) is 4.69. The van der Waals surface area contributed by atoms with Gasteiger partial charge in [0.25, 0.3) is 5.91 Å². The maximum absolute atomic E-state index is 12.8. The minimum atomic E-state index is -0.109. The predicted molar refractivity (Wildman–Crippen MR) is 93.2 cm³/mol. The van der Waals surface area contributed by atoms with Crippen molar-refractivity contribution in [3.05, 3.63) is 65.0 Å². The summed E-state index contributed by atoms with van der Waals surface area (Å²) < 4.78 is 10.5. The van der Waals surface area contributed by atoms with E-state index in [1.165, 1.54) is 16.7 Å². The van der Waals surface area contributed by atoms with Crippen LogP contribution in [0.15, 0.2) is 51.6 Å². The van der Waals surface area contributed by atoms with E-state index in [2.05, 4.69) is 37.2 Å². The lowest BCUT2D eigenvalue weighted by molar-refractivity contribution is 0.0724. The molecule has 25 heavy (non-hydrogen) atoms. The second-order valence-electron chi connectivity index (χ2n) is 6.71. The molecule has 0 spiro atoms. The van der Waals surface area contributed by atoms with Crippen LogP contribution < -0.4 is 0 Å². The van der Waals surface area contributed by atoms with Gasteiger partial charge in [-0.1, -0.05) is 37.2 Å². The molecule has 0 N–H and O–H groups in total. The molecule has 3 aromatic rings. The molecule has 0 fully saturated rings. The highest BCUT2D eigenvalue weighted by Crippen LogP contribution is 2.26. The monoisotopic (exact) mass is 336 g/mol. The summed E-state index contributed by atoms with van der Waals surface area (Å²) in [6, 6.07) is 11.8. The van der Waals surface area contributed by atoms with Gasteiger partial charge in [-0.15, -0.1) is 0 Å². The molecule has 5 nitrogen and oxygen atoms in total. The SMILES string of the molecule is CC(C)c1ccc2c(c1)CN(C(=O)c1cc(-c3ccco3)on1)CC2. The number of carbonyl (C=O) groups is 1. The summed E-state index contributed by atoms with van der Waals surface area (Å²) in [5.41, 5.74) is 4.16. The second-order valence-corrected chi connectivity index (χ2v) is 6.71.